The van der Waals surface area contributed by atoms with Gasteiger partial charge >= 0.3 is 5.97 Å². The van der Waals surface area contributed by atoms with Crippen molar-refractivity contribution in [3.05, 3.63) is 96.1 Å². The maximum Gasteiger partial charge on any atom is 0.329 e. The summed E-state index contributed by atoms with van der Waals surface area (Å²) in [6.45, 7) is 2.44. The van der Waals surface area contributed by atoms with Gasteiger partial charge in [-0.3, -0.25) is 4.79 Å². The van der Waals surface area contributed by atoms with E-state index >= 15 is 0 Å². The van der Waals surface area contributed by atoms with E-state index in [0.29, 0.717) is 17.9 Å². The number of hydrogen-bond acceptors (Lipinski definition) is 4. The monoisotopic (exact) mass is 445 g/mol. The van der Waals surface area contributed by atoms with Crippen LogP contribution in [0.1, 0.15) is 41.1 Å². The summed E-state index contributed by atoms with van der Waals surface area (Å²) >= 11 is 1.61. The van der Waals surface area contributed by atoms with Crippen LogP contribution in [0.3, 0.4) is 0 Å². The summed E-state index contributed by atoms with van der Waals surface area (Å²) in [5.74, 6) is 0.0535. The van der Waals surface area contributed by atoms with E-state index in [-0.39, 0.29) is 17.3 Å². The Morgan fingerprint density at radius 3 is 2.19 bits per heavy atom. The fourth-order valence-corrected chi connectivity index (χ4v) is 5.22. The summed E-state index contributed by atoms with van der Waals surface area (Å²) in [4.78, 5) is 28.2. The Morgan fingerprint density at radius 1 is 0.906 bits per heavy atom. The lowest BCUT2D eigenvalue weighted by Crippen LogP contribution is -2.44. The zero-order valence-electron chi connectivity index (χ0n) is 18.1. The summed E-state index contributed by atoms with van der Waals surface area (Å²) in [6.07, 6.45) is 1.78. The predicted molar refractivity (Wildman–Crippen MR) is 129 cm³/mol. The van der Waals surface area contributed by atoms with Crippen LogP contribution in [0.2, 0.25) is 0 Å². The summed E-state index contributed by atoms with van der Waals surface area (Å²) in [7, 11) is 0. The van der Waals surface area contributed by atoms with Crippen molar-refractivity contribution in [2.24, 2.45) is 0 Å². The molecule has 0 aromatic heterocycles. The molecule has 4 nitrogen and oxygen atoms in total. The number of unbranched alkanes of at least 4 members (excludes halogenated alkanes) is 1. The molecule has 3 aromatic rings. The molecule has 0 N–H and O–H groups in total. The smallest absolute Gasteiger partial charge is 0.329 e. The molecule has 0 aliphatic carbocycles. The van der Waals surface area contributed by atoms with Crippen LogP contribution in [-0.4, -0.2) is 35.2 Å². The molecule has 0 bridgehead atoms. The van der Waals surface area contributed by atoms with Gasteiger partial charge in [0.15, 0.2) is 0 Å². The highest BCUT2D eigenvalue weighted by atomic mass is 32.2. The lowest BCUT2D eigenvalue weighted by molar-refractivity contribution is -0.148. The number of carbonyl (C=O) groups excluding carboxylic acids is 2. The van der Waals surface area contributed by atoms with Crippen molar-refractivity contribution >= 4 is 23.6 Å². The molecule has 0 saturated carbocycles. The highest BCUT2D eigenvalue weighted by Crippen LogP contribution is 2.42. The Bertz CT molecular complexity index is 1040. The van der Waals surface area contributed by atoms with Gasteiger partial charge in [0.05, 0.1) is 6.61 Å². The van der Waals surface area contributed by atoms with Gasteiger partial charge in [-0.15, -0.1) is 11.8 Å². The Morgan fingerprint density at radius 2 is 1.53 bits per heavy atom. The van der Waals surface area contributed by atoms with Gasteiger partial charge in [0, 0.05) is 11.3 Å². The van der Waals surface area contributed by atoms with E-state index in [1.807, 2.05) is 84.9 Å². The minimum atomic E-state index is -0.594. The number of esters is 1. The maximum atomic E-state index is 13.6. The number of nitrogens with zero attached hydrogens (tertiary/aromatic N) is 1. The molecular weight excluding hydrogens is 418 g/mol. The van der Waals surface area contributed by atoms with Crippen molar-refractivity contribution < 1.29 is 14.3 Å². The molecule has 1 aliphatic rings. The van der Waals surface area contributed by atoms with E-state index < -0.39 is 6.04 Å². The Balaban J connectivity index is 1.60. The molecule has 4 rings (SSSR count). The van der Waals surface area contributed by atoms with Crippen LogP contribution in [0.15, 0.2) is 84.9 Å². The summed E-state index contributed by atoms with van der Waals surface area (Å²) < 4.78 is 5.50. The van der Waals surface area contributed by atoms with E-state index in [0.717, 1.165) is 29.5 Å². The second kappa shape index (κ2) is 10.5. The molecule has 164 valence electrons. The molecule has 1 aliphatic heterocycles. The van der Waals surface area contributed by atoms with Crippen molar-refractivity contribution in [3.8, 4) is 11.1 Å². The second-order valence-electron chi connectivity index (χ2n) is 7.79. The van der Waals surface area contributed by atoms with Gasteiger partial charge in [-0.1, -0.05) is 86.1 Å². The van der Waals surface area contributed by atoms with Gasteiger partial charge in [-0.25, -0.2) is 4.79 Å². The van der Waals surface area contributed by atoms with Crippen LogP contribution < -0.4 is 0 Å². The zero-order valence-corrected chi connectivity index (χ0v) is 19.0. The number of thioether (sulfide) groups is 1. The fraction of sp³-hybridized carbons (Fsp3) is 0.259. The standard InChI is InChI=1S/C27H27NO3S/c1-2-3-18-31-27(30)24-19-32-26(23-12-8-5-9-13-23)28(24)25(29)22-16-14-21(15-17-22)20-10-6-4-7-11-20/h4-17,24,26H,2-3,18-19H2,1H3. The van der Waals surface area contributed by atoms with E-state index in [1.165, 1.54) is 0 Å². The maximum absolute atomic E-state index is 13.6. The third-order valence-corrected chi connectivity index (χ3v) is 6.90. The summed E-state index contributed by atoms with van der Waals surface area (Å²) in [5, 5.41) is -0.221. The van der Waals surface area contributed by atoms with Crippen LogP contribution in [0.5, 0.6) is 0 Å². The SMILES string of the molecule is CCCCOC(=O)C1CSC(c2ccccc2)N1C(=O)c1ccc(-c2ccccc2)cc1. The average molecular weight is 446 g/mol. The Labute approximate surface area is 193 Å². The molecule has 1 fully saturated rings. The predicted octanol–water partition coefficient (Wildman–Crippen LogP) is 5.95. The largest absolute Gasteiger partial charge is 0.464 e. The molecule has 5 heteroatoms. The molecule has 1 heterocycles. The minimum Gasteiger partial charge on any atom is -0.464 e. The van der Waals surface area contributed by atoms with Crippen LogP contribution in [0, 0.1) is 0 Å². The Hall–Kier alpha value is -3.05. The van der Waals surface area contributed by atoms with E-state index in [2.05, 4.69) is 6.92 Å². The molecule has 2 unspecified atom stereocenters. The van der Waals surface area contributed by atoms with Crippen molar-refractivity contribution in [1.82, 2.24) is 4.90 Å². The number of hydrogen-bond donors (Lipinski definition) is 0. The van der Waals surface area contributed by atoms with Crippen molar-refractivity contribution in [2.75, 3.05) is 12.4 Å². The molecule has 1 amide bonds. The first-order valence-electron chi connectivity index (χ1n) is 11.0. The first-order chi connectivity index (χ1) is 15.7. The number of benzene rings is 3. The summed E-state index contributed by atoms with van der Waals surface area (Å²) in [5.41, 5.74) is 3.73. The van der Waals surface area contributed by atoms with Crippen molar-refractivity contribution in [1.29, 1.82) is 0 Å². The van der Waals surface area contributed by atoms with Crippen LogP contribution in [-0.2, 0) is 9.53 Å². The van der Waals surface area contributed by atoms with Gasteiger partial charge in [0.2, 0.25) is 0 Å². The van der Waals surface area contributed by atoms with Crippen LogP contribution >= 0.6 is 11.8 Å². The lowest BCUT2D eigenvalue weighted by Gasteiger charge is -2.28. The fourth-order valence-electron chi connectivity index (χ4n) is 3.81. The zero-order chi connectivity index (χ0) is 22.3. The number of carbonyl (C=O) groups is 2. The van der Waals surface area contributed by atoms with Gasteiger partial charge in [-0.05, 0) is 35.2 Å². The van der Waals surface area contributed by atoms with E-state index in [1.54, 1.807) is 16.7 Å². The molecule has 3 aromatic carbocycles. The highest BCUT2D eigenvalue weighted by Gasteiger charge is 2.43. The highest BCUT2D eigenvalue weighted by molar-refractivity contribution is 7.99. The van der Waals surface area contributed by atoms with Gasteiger partial charge < -0.3 is 9.64 Å². The molecule has 32 heavy (non-hydrogen) atoms. The van der Waals surface area contributed by atoms with Crippen LogP contribution in [0.4, 0.5) is 0 Å². The van der Waals surface area contributed by atoms with Gasteiger partial charge in [0.1, 0.15) is 11.4 Å². The second-order valence-corrected chi connectivity index (χ2v) is 8.90. The normalized spacial score (nSPS) is 17.8. The topological polar surface area (TPSA) is 46.6 Å². The van der Waals surface area contributed by atoms with E-state index in [4.69, 9.17) is 4.74 Å². The molecule has 1 saturated heterocycles. The average Bonchev–Trinajstić information content (AvgIpc) is 3.30. The molecule has 0 radical (unpaired) electrons. The van der Waals surface area contributed by atoms with Gasteiger partial charge in [-0.2, -0.15) is 0 Å². The lowest BCUT2D eigenvalue weighted by atomic mass is 10.0. The number of ether oxygens (including phenoxy) is 1. The molecule has 0 spiro atoms. The first kappa shape index (κ1) is 22.2. The third kappa shape index (κ3) is 4.89. The number of rotatable bonds is 7. The quantitative estimate of drug-likeness (QED) is 0.333. The van der Waals surface area contributed by atoms with E-state index in [9.17, 15) is 9.59 Å². The first-order valence-corrected chi connectivity index (χ1v) is 12.0. The van der Waals surface area contributed by atoms with Crippen LogP contribution in [0.25, 0.3) is 11.1 Å². The van der Waals surface area contributed by atoms with Crippen molar-refractivity contribution in [2.45, 2.75) is 31.2 Å². The van der Waals surface area contributed by atoms with Crippen molar-refractivity contribution in [3.63, 3.8) is 0 Å². The molecule has 2 atom stereocenters. The van der Waals surface area contributed by atoms with Gasteiger partial charge in [0.25, 0.3) is 5.91 Å². The number of amides is 1. The summed E-state index contributed by atoms with van der Waals surface area (Å²) in [6, 6.07) is 26.9. The third-order valence-electron chi connectivity index (χ3n) is 5.57. The Kier molecular flexibility index (Phi) is 7.28. The minimum absolute atomic E-state index is 0.152. The molecular formula is C27H27NO3S.